The Morgan fingerprint density at radius 3 is 2.29 bits per heavy atom. The second kappa shape index (κ2) is 3.89. The lowest BCUT2D eigenvalue weighted by Gasteiger charge is -2.40. The maximum Gasteiger partial charge on any atom is 0.228 e. The number of hydrogen-bond donors (Lipinski definition) is 0. The van der Waals surface area contributed by atoms with Crippen molar-refractivity contribution in [2.75, 3.05) is 26.7 Å². The van der Waals surface area contributed by atoms with Crippen molar-refractivity contribution in [1.82, 2.24) is 9.80 Å². The number of piperazine rings is 1. The van der Waals surface area contributed by atoms with Crippen molar-refractivity contribution in [2.24, 2.45) is 5.41 Å². The third-order valence-electron chi connectivity index (χ3n) is 2.89. The number of rotatable bonds is 0. The van der Waals surface area contributed by atoms with Crippen molar-refractivity contribution in [3.63, 3.8) is 0 Å². The van der Waals surface area contributed by atoms with Crippen molar-refractivity contribution < 1.29 is 4.79 Å². The Morgan fingerprint density at radius 1 is 1.29 bits per heavy atom. The topological polar surface area (TPSA) is 23.6 Å². The van der Waals surface area contributed by atoms with Crippen molar-refractivity contribution in [1.29, 1.82) is 0 Å². The minimum atomic E-state index is -0.240. The van der Waals surface area contributed by atoms with Crippen molar-refractivity contribution >= 4 is 5.91 Å². The van der Waals surface area contributed by atoms with Gasteiger partial charge in [0.15, 0.2) is 0 Å². The van der Waals surface area contributed by atoms with E-state index in [9.17, 15) is 4.79 Å². The van der Waals surface area contributed by atoms with Crippen LogP contribution in [0.1, 0.15) is 27.7 Å². The minimum absolute atomic E-state index is 0.240. The molecule has 1 fully saturated rings. The molecule has 1 heterocycles. The van der Waals surface area contributed by atoms with Gasteiger partial charge in [0.25, 0.3) is 0 Å². The summed E-state index contributed by atoms with van der Waals surface area (Å²) < 4.78 is 0. The lowest BCUT2D eigenvalue weighted by molar-refractivity contribution is -0.142. The van der Waals surface area contributed by atoms with Gasteiger partial charge < -0.3 is 9.80 Å². The predicted octanol–water partition coefficient (Wildman–Crippen LogP) is 1.19. The fraction of sp³-hybridized carbons (Fsp3) is 0.909. The molecule has 1 amide bonds. The van der Waals surface area contributed by atoms with Gasteiger partial charge in [0.05, 0.1) is 0 Å². The van der Waals surface area contributed by atoms with Crippen LogP contribution in [-0.2, 0) is 4.79 Å². The van der Waals surface area contributed by atoms with Crippen LogP contribution in [0.2, 0.25) is 0 Å². The molecule has 1 rings (SSSR count). The van der Waals surface area contributed by atoms with Crippen molar-refractivity contribution in [3.05, 3.63) is 0 Å². The molecular formula is C11H22N2O. The molecule has 0 spiro atoms. The van der Waals surface area contributed by atoms with Gasteiger partial charge in [0, 0.05) is 31.1 Å². The molecule has 3 nitrogen and oxygen atoms in total. The molecule has 82 valence electrons. The van der Waals surface area contributed by atoms with Crippen LogP contribution >= 0.6 is 0 Å². The molecule has 0 bridgehead atoms. The first-order chi connectivity index (χ1) is 6.32. The summed E-state index contributed by atoms with van der Waals surface area (Å²) in [4.78, 5) is 16.3. The van der Waals surface area contributed by atoms with E-state index in [0.29, 0.717) is 6.04 Å². The van der Waals surface area contributed by atoms with E-state index in [1.807, 2.05) is 25.7 Å². The molecule has 0 aromatic rings. The first kappa shape index (κ1) is 11.5. The summed E-state index contributed by atoms with van der Waals surface area (Å²) in [7, 11) is 2.11. The Balaban J connectivity index is 2.59. The largest absolute Gasteiger partial charge is 0.339 e. The summed E-state index contributed by atoms with van der Waals surface area (Å²) in [5, 5.41) is 0. The highest BCUT2D eigenvalue weighted by Crippen LogP contribution is 2.19. The smallest absolute Gasteiger partial charge is 0.228 e. The number of carbonyl (C=O) groups excluding carboxylic acids is 1. The van der Waals surface area contributed by atoms with E-state index in [4.69, 9.17) is 0 Å². The van der Waals surface area contributed by atoms with Crippen LogP contribution in [0.5, 0.6) is 0 Å². The second-order valence-corrected chi connectivity index (χ2v) is 5.33. The van der Waals surface area contributed by atoms with E-state index < -0.39 is 0 Å². The molecule has 1 saturated heterocycles. The van der Waals surface area contributed by atoms with Gasteiger partial charge in [0.1, 0.15) is 0 Å². The number of hydrogen-bond acceptors (Lipinski definition) is 2. The highest BCUT2D eigenvalue weighted by Gasteiger charge is 2.31. The fourth-order valence-corrected chi connectivity index (χ4v) is 1.71. The average molecular weight is 198 g/mol. The first-order valence-corrected chi connectivity index (χ1v) is 5.32. The molecule has 0 N–H and O–H groups in total. The number of nitrogens with zero attached hydrogens (tertiary/aromatic N) is 2. The average Bonchev–Trinajstić information content (AvgIpc) is 2.07. The van der Waals surface area contributed by atoms with Gasteiger partial charge in [-0.05, 0) is 14.0 Å². The van der Waals surface area contributed by atoms with Crippen molar-refractivity contribution in [2.45, 2.75) is 33.7 Å². The molecule has 0 aliphatic carbocycles. The van der Waals surface area contributed by atoms with Gasteiger partial charge >= 0.3 is 0 Å². The number of carbonyl (C=O) groups is 1. The molecule has 0 aromatic heterocycles. The van der Waals surface area contributed by atoms with Crippen molar-refractivity contribution in [3.8, 4) is 0 Å². The Labute approximate surface area is 87.1 Å². The summed E-state index contributed by atoms with van der Waals surface area (Å²) >= 11 is 0. The van der Waals surface area contributed by atoms with Crippen LogP contribution in [0.15, 0.2) is 0 Å². The fourth-order valence-electron chi connectivity index (χ4n) is 1.71. The molecule has 0 radical (unpaired) electrons. The highest BCUT2D eigenvalue weighted by atomic mass is 16.2. The molecule has 14 heavy (non-hydrogen) atoms. The predicted molar refractivity (Wildman–Crippen MR) is 58.1 cm³/mol. The third-order valence-corrected chi connectivity index (χ3v) is 2.89. The zero-order valence-electron chi connectivity index (χ0n) is 10.0. The van der Waals surface area contributed by atoms with Gasteiger partial charge in [-0.25, -0.2) is 0 Å². The number of amides is 1. The molecule has 0 unspecified atom stereocenters. The Kier molecular flexibility index (Phi) is 3.20. The molecular weight excluding hydrogens is 176 g/mol. The van der Waals surface area contributed by atoms with E-state index in [1.54, 1.807) is 0 Å². The van der Waals surface area contributed by atoms with Crippen LogP contribution < -0.4 is 0 Å². The van der Waals surface area contributed by atoms with E-state index in [0.717, 1.165) is 19.6 Å². The molecule has 0 aromatic carbocycles. The quantitative estimate of drug-likeness (QED) is 0.584. The first-order valence-electron chi connectivity index (χ1n) is 5.32. The van der Waals surface area contributed by atoms with E-state index in [-0.39, 0.29) is 11.3 Å². The van der Waals surface area contributed by atoms with Gasteiger partial charge in [-0.15, -0.1) is 0 Å². The monoisotopic (exact) mass is 198 g/mol. The Bertz CT molecular complexity index is 220. The Morgan fingerprint density at radius 2 is 1.86 bits per heavy atom. The van der Waals surface area contributed by atoms with Gasteiger partial charge in [0.2, 0.25) is 5.91 Å². The minimum Gasteiger partial charge on any atom is -0.339 e. The SMILES string of the molecule is C[C@H]1CN(C(=O)C(C)(C)C)CCN1C. The van der Waals surface area contributed by atoms with Crippen LogP contribution in [0.3, 0.4) is 0 Å². The van der Waals surface area contributed by atoms with Gasteiger partial charge in [-0.1, -0.05) is 20.8 Å². The lowest BCUT2D eigenvalue weighted by atomic mass is 9.94. The summed E-state index contributed by atoms with van der Waals surface area (Å²) in [5.41, 5.74) is -0.240. The van der Waals surface area contributed by atoms with Gasteiger partial charge in [-0.2, -0.15) is 0 Å². The normalized spacial score (nSPS) is 25.2. The summed E-state index contributed by atoms with van der Waals surface area (Å²) in [6.45, 7) is 10.9. The summed E-state index contributed by atoms with van der Waals surface area (Å²) in [5.74, 6) is 0.275. The van der Waals surface area contributed by atoms with Gasteiger partial charge in [-0.3, -0.25) is 4.79 Å². The zero-order valence-corrected chi connectivity index (χ0v) is 10.0. The Hall–Kier alpha value is -0.570. The number of likely N-dealkylation sites (N-methyl/N-ethyl adjacent to an activating group) is 1. The maximum atomic E-state index is 12.0. The van der Waals surface area contributed by atoms with E-state index >= 15 is 0 Å². The van der Waals surface area contributed by atoms with E-state index in [2.05, 4.69) is 18.9 Å². The zero-order chi connectivity index (χ0) is 10.9. The highest BCUT2D eigenvalue weighted by molar-refractivity contribution is 5.81. The maximum absolute atomic E-state index is 12.0. The van der Waals surface area contributed by atoms with Crippen LogP contribution in [0, 0.1) is 5.41 Å². The van der Waals surface area contributed by atoms with E-state index in [1.165, 1.54) is 0 Å². The molecule has 1 aliphatic rings. The van der Waals surface area contributed by atoms with Crippen LogP contribution in [0.25, 0.3) is 0 Å². The van der Waals surface area contributed by atoms with Crippen LogP contribution in [-0.4, -0.2) is 48.4 Å². The standard InChI is InChI=1S/C11H22N2O/c1-9-8-13(7-6-12(9)5)10(14)11(2,3)4/h9H,6-8H2,1-5H3/t9-/m0/s1. The molecule has 1 atom stereocenters. The molecule has 1 aliphatic heterocycles. The summed E-state index contributed by atoms with van der Waals surface area (Å²) in [6, 6.07) is 0.482. The summed E-state index contributed by atoms with van der Waals surface area (Å²) in [6.07, 6.45) is 0. The molecule has 3 heteroatoms. The lowest BCUT2D eigenvalue weighted by Crippen LogP contribution is -2.54. The third kappa shape index (κ3) is 2.47. The van der Waals surface area contributed by atoms with Crippen LogP contribution in [0.4, 0.5) is 0 Å². The molecule has 0 saturated carbocycles. The second-order valence-electron chi connectivity index (χ2n) is 5.33.